The summed E-state index contributed by atoms with van der Waals surface area (Å²) in [6.07, 6.45) is 1.53. The smallest absolute Gasteiger partial charge is 0.251 e. The lowest BCUT2D eigenvalue weighted by atomic mass is 10.1. The van der Waals surface area contributed by atoms with Crippen LogP contribution in [0.2, 0.25) is 0 Å². The van der Waals surface area contributed by atoms with Crippen LogP contribution in [0.4, 0.5) is 0 Å². The third-order valence-electron chi connectivity index (χ3n) is 3.81. The van der Waals surface area contributed by atoms with Gasteiger partial charge in [0.25, 0.3) is 5.91 Å². The SMILES string of the molecule is Cc1ccc(Br)cc1CNC(=O)c1ccc(-n2cnnn2)c(C)c1. The van der Waals surface area contributed by atoms with Gasteiger partial charge in [-0.3, -0.25) is 4.79 Å². The number of nitrogens with zero attached hydrogens (tertiary/aromatic N) is 4. The van der Waals surface area contributed by atoms with Crippen molar-refractivity contribution in [2.75, 3.05) is 0 Å². The molecule has 1 N–H and O–H groups in total. The zero-order chi connectivity index (χ0) is 17.1. The number of hydrogen-bond donors (Lipinski definition) is 1. The van der Waals surface area contributed by atoms with Gasteiger partial charge in [-0.05, 0) is 71.3 Å². The number of carbonyl (C=O) groups is 1. The Morgan fingerprint density at radius 2 is 2.00 bits per heavy atom. The zero-order valence-electron chi connectivity index (χ0n) is 13.3. The van der Waals surface area contributed by atoms with Crippen molar-refractivity contribution in [3.05, 3.63) is 69.5 Å². The molecule has 0 fully saturated rings. The van der Waals surface area contributed by atoms with Crippen LogP contribution in [0.3, 0.4) is 0 Å². The standard InChI is InChI=1S/C17H16BrN5O/c1-11-3-5-15(18)8-14(11)9-19-17(24)13-4-6-16(12(2)7-13)23-10-20-21-22-23/h3-8,10H,9H2,1-2H3,(H,19,24). The van der Waals surface area contributed by atoms with E-state index in [0.717, 1.165) is 26.9 Å². The Hall–Kier alpha value is -2.54. The van der Waals surface area contributed by atoms with Crippen molar-refractivity contribution in [1.82, 2.24) is 25.5 Å². The van der Waals surface area contributed by atoms with Crippen molar-refractivity contribution in [3.63, 3.8) is 0 Å². The lowest BCUT2D eigenvalue weighted by Crippen LogP contribution is -2.23. The van der Waals surface area contributed by atoms with Crippen molar-refractivity contribution < 1.29 is 4.79 Å². The second-order valence-electron chi connectivity index (χ2n) is 5.51. The quantitative estimate of drug-likeness (QED) is 0.748. The van der Waals surface area contributed by atoms with E-state index in [1.807, 2.05) is 44.2 Å². The minimum atomic E-state index is -0.110. The Bertz CT molecular complexity index is 877. The summed E-state index contributed by atoms with van der Waals surface area (Å²) >= 11 is 3.45. The molecular weight excluding hydrogens is 370 g/mol. The van der Waals surface area contributed by atoms with Crippen LogP contribution in [0.1, 0.15) is 27.0 Å². The van der Waals surface area contributed by atoms with Gasteiger partial charge >= 0.3 is 0 Å². The average Bonchev–Trinajstić information content (AvgIpc) is 3.09. The van der Waals surface area contributed by atoms with Gasteiger partial charge in [0.2, 0.25) is 0 Å². The number of aromatic nitrogens is 4. The van der Waals surface area contributed by atoms with Crippen molar-refractivity contribution in [2.45, 2.75) is 20.4 Å². The molecule has 0 unspecified atom stereocenters. The zero-order valence-corrected chi connectivity index (χ0v) is 14.9. The largest absolute Gasteiger partial charge is 0.348 e. The first-order chi connectivity index (χ1) is 11.5. The fourth-order valence-corrected chi connectivity index (χ4v) is 2.84. The molecule has 0 saturated heterocycles. The maximum atomic E-state index is 12.4. The first-order valence-corrected chi connectivity index (χ1v) is 8.21. The number of benzene rings is 2. The van der Waals surface area contributed by atoms with Crippen LogP contribution >= 0.6 is 15.9 Å². The van der Waals surface area contributed by atoms with E-state index in [9.17, 15) is 4.79 Å². The number of rotatable bonds is 4. The molecule has 122 valence electrons. The normalized spacial score (nSPS) is 10.6. The van der Waals surface area contributed by atoms with Crippen LogP contribution in [-0.4, -0.2) is 26.1 Å². The molecule has 0 aliphatic rings. The fraction of sp³-hybridized carbons (Fsp3) is 0.176. The number of aryl methyl sites for hydroxylation is 2. The molecule has 6 nitrogen and oxygen atoms in total. The van der Waals surface area contributed by atoms with Gasteiger partial charge in [-0.1, -0.05) is 22.0 Å². The van der Waals surface area contributed by atoms with Crippen LogP contribution in [0.15, 0.2) is 47.2 Å². The van der Waals surface area contributed by atoms with Crippen molar-refractivity contribution in [3.8, 4) is 5.69 Å². The first kappa shape index (κ1) is 16.3. The second kappa shape index (κ2) is 6.92. The van der Waals surface area contributed by atoms with E-state index >= 15 is 0 Å². The molecule has 3 aromatic rings. The number of amides is 1. The number of tetrazole rings is 1. The minimum Gasteiger partial charge on any atom is -0.348 e. The maximum absolute atomic E-state index is 12.4. The summed E-state index contributed by atoms with van der Waals surface area (Å²) < 4.78 is 2.57. The van der Waals surface area contributed by atoms with Crippen LogP contribution in [0.25, 0.3) is 5.69 Å². The average molecular weight is 386 g/mol. The van der Waals surface area contributed by atoms with Crippen LogP contribution in [-0.2, 0) is 6.54 Å². The molecule has 0 aliphatic carbocycles. The molecule has 7 heteroatoms. The van der Waals surface area contributed by atoms with Gasteiger partial charge in [0.05, 0.1) is 5.69 Å². The van der Waals surface area contributed by atoms with E-state index in [0.29, 0.717) is 12.1 Å². The van der Waals surface area contributed by atoms with E-state index in [2.05, 4.69) is 36.8 Å². The predicted octanol–water partition coefficient (Wildman–Crippen LogP) is 2.97. The lowest BCUT2D eigenvalue weighted by Gasteiger charge is -2.10. The highest BCUT2D eigenvalue weighted by molar-refractivity contribution is 9.10. The summed E-state index contributed by atoms with van der Waals surface area (Å²) in [5.41, 5.74) is 4.61. The van der Waals surface area contributed by atoms with E-state index in [1.165, 1.54) is 6.33 Å². The topological polar surface area (TPSA) is 72.7 Å². The van der Waals surface area contributed by atoms with Gasteiger partial charge in [0.15, 0.2) is 0 Å². The van der Waals surface area contributed by atoms with E-state index in [1.54, 1.807) is 10.7 Å². The van der Waals surface area contributed by atoms with E-state index in [-0.39, 0.29) is 5.91 Å². The first-order valence-electron chi connectivity index (χ1n) is 7.42. The van der Waals surface area contributed by atoms with Gasteiger partial charge in [0.1, 0.15) is 6.33 Å². The minimum absolute atomic E-state index is 0.110. The van der Waals surface area contributed by atoms with Crippen molar-refractivity contribution in [1.29, 1.82) is 0 Å². The monoisotopic (exact) mass is 385 g/mol. The molecule has 0 atom stereocenters. The third kappa shape index (κ3) is 3.51. The fourth-order valence-electron chi connectivity index (χ4n) is 2.43. The highest BCUT2D eigenvalue weighted by Gasteiger charge is 2.10. The summed E-state index contributed by atoms with van der Waals surface area (Å²) in [4.78, 5) is 12.4. The Labute approximate surface area is 148 Å². The van der Waals surface area contributed by atoms with Crippen LogP contribution in [0, 0.1) is 13.8 Å². The molecule has 24 heavy (non-hydrogen) atoms. The number of carbonyl (C=O) groups excluding carboxylic acids is 1. The summed E-state index contributed by atoms with van der Waals surface area (Å²) in [5, 5.41) is 14.1. The highest BCUT2D eigenvalue weighted by Crippen LogP contribution is 2.17. The third-order valence-corrected chi connectivity index (χ3v) is 4.30. The number of nitrogens with one attached hydrogen (secondary N) is 1. The van der Waals surface area contributed by atoms with Gasteiger partial charge in [0, 0.05) is 16.6 Å². The van der Waals surface area contributed by atoms with Crippen molar-refractivity contribution >= 4 is 21.8 Å². The van der Waals surface area contributed by atoms with E-state index in [4.69, 9.17) is 0 Å². The second-order valence-corrected chi connectivity index (χ2v) is 6.42. The molecule has 1 heterocycles. The van der Waals surface area contributed by atoms with Crippen LogP contribution in [0.5, 0.6) is 0 Å². The molecule has 2 aromatic carbocycles. The maximum Gasteiger partial charge on any atom is 0.251 e. The summed E-state index contributed by atoms with van der Waals surface area (Å²) in [6, 6.07) is 11.5. The molecule has 0 aliphatic heterocycles. The Morgan fingerprint density at radius 1 is 1.17 bits per heavy atom. The van der Waals surface area contributed by atoms with Gasteiger partial charge in [-0.25, -0.2) is 4.68 Å². The number of halogens is 1. The molecule has 0 radical (unpaired) electrons. The molecular formula is C17H16BrN5O. The van der Waals surface area contributed by atoms with Crippen LogP contribution < -0.4 is 5.32 Å². The van der Waals surface area contributed by atoms with Gasteiger partial charge in [-0.2, -0.15) is 0 Å². The summed E-state index contributed by atoms with van der Waals surface area (Å²) in [6.45, 7) is 4.43. The Morgan fingerprint density at radius 3 is 2.71 bits per heavy atom. The Kier molecular flexibility index (Phi) is 4.71. The molecule has 1 aromatic heterocycles. The molecule has 0 spiro atoms. The Balaban J connectivity index is 1.73. The predicted molar refractivity (Wildman–Crippen MR) is 93.9 cm³/mol. The van der Waals surface area contributed by atoms with Gasteiger partial charge < -0.3 is 5.32 Å². The molecule has 0 bridgehead atoms. The van der Waals surface area contributed by atoms with Gasteiger partial charge in [-0.15, -0.1) is 5.10 Å². The van der Waals surface area contributed by atoms with Crippen molar-refractivity contribution in [2.24, 2.45) is 0 Å². The summed E-state index contributed by atoms with van der Waals surface area (Å²) in [5.74, 6) is -0.110. The molecule has 3 rings (SSSR count). The number of hydrogen-bond acceptors (Lipinski definition) is 4. The molecule has 0 saturated carbocycles. The van der Waals surface area contributed by atoms with E-state index < -0.39 is 0 Å². The molecule has 1 amide bonds. The summed E-state index contributed by atoms with van der Waals surface area (Å²) in [7, 11) is 0. The highest BCUT2D eigenvalue weighted by atomic mass is 79.9. The lowest BCUT2D eigenvalue weighted by molar-refractivity contribution is 0.0951.